The van der Waals surface area contributed by atoms with E-state index in [1.165, 1.54) is 17.8 Å². The summed E-state index contributed by atoms with van der Waals surface area (Å²) in [7, 11) is 0. The number of nitrogens with zero attached hydrogens (tertiary/aromatic N) is 2. The van der Waals surface area contributed by atoms with E-state index in [0.29, 0.717) is 11.8 Å². The standard InChI is InChI=1S/C12H17N3O2S/c1-4-13-11-9(6-7-10(16)17-5-2)8-14-12(15-11)18-3/h6-8H,4-5H2,1-3H3,(H,13,14,15). The van der Waals surface area contributed by atoms with Crippen molar-refractivity contribution in [3.05, 3.63) is 17.8 Å². The first-order chi connectivity index (χ1) is 8.71. The minimum absolute atomic E-state index is 0.366. The maximum atomic E-state index is 11.2. The molecule has 0 spiro atoms. The molecule has 0 aliphatic rings. The number of hydrogen-bond donors (Lipinski definition) is 1. The molecule has 1 heterocycles. The molecule has 0 atom stereocenters. The smallest absolute Gasteiger partial charge is 0.330 e. The van der Waals surface area contributed by atoms with Crippen LogP contribution < -0.4 is 5.32 Å². The molecule has 0 bridgehead atoms. The molecule has 1 aromatic heterocycles. The Balaban J connectivity index is 2.89. The molecule has 1 N–H and O–H groups in total. The van der Waals surface area contributed by atoms with Crippen LogP contribution in [0.5, 0.6) is 0 Å². The Hall–Kier alpha value is -1.56. The number of esters is 1. The van der Waals surface area contributed by atoms with Crippen LogP contribution in [-0.2, 0) is 9.53 Å². The predicted molar refractivity (Wildman–Crippen MR) is 73.6 cm³/mol. The van der Waals surface area contributed by atoms with Crippen LogP contribution in [0.1, 0.15) is 19.4 Å². The van der Waals surface area contributed by atoms with Gasteiger partial charge < -0.3 is 10.1 Å². The highest BCUT2D eigenvalue weighted by molar-refractivity contribution is 7.98. The highest BCUT2D eigenvalue weighted by Crippen LogP contribution is 2.17. The van der Waals surface area contributed by atoms with E-state index in [0.717, 1.165) is 17.9 Å². The first-order valence-corrected chi connectivity index (χ1v) is 6.93. The van der Waals surface area contributed by atoms with E-state index in [-0.39, 0.29) is 5.97 Å². The predicted octanol–water partition coefficient (Wildman–Crippen LogP) is 2.21. The molecule has 0 radical (unpaired) electrons. The van der Waals surface area contributed by atoms with Gasteiger partial charge in [0.25, 0.3) is 0 Å². The van der Waals surface area contributed by atoms with Gasteiger partial charge in [0.1, 0.15) is 5.82 Å². The van der Waals surface area contributed by atoms with Gasteiger partial charge in [-0.2, -0.15) is 0 Å². The Morgan fingerprint density at radius 3 is 2.94 bits per heavy atom. The number of carbonyl (C=O) groups excluding carboxylic acids is 1. The van der Waals surface area contributed by atoms with Crippen LogP contribution in [0.15, 0.2) is 17.4 Å². The summed E-state index contributed by atoms with van der Waals surface area (Å²) >= 11 is 1.47. The molecule has 0 aliphatic heterocycles. The summed E-state index contributed by atoms with van der Waals surface area (Å²) in [5.41, 5.74) is 0.766. The fourth-order valence-corrected chi connectivity index (χ4v) is 1.59. The largest absolute Gasteiger partial charge is 0.463 e. The highest BCUT2D eigenvalue weighted by Gasteiger charge is 2.04. The Bertz CT molecular complexity index is 435. The summed E-state index contributed by atoms with van der Waals surface area (Å²) in [5.74, 6) is 0.353. The SMILES string of the molecule is CCNc1nc(SC)ncc1C=CC(=O)OCC. The van der Waals surface area contributed by atoms with E-state index in [4.69, 9.17) is 4.74 Å². The summed E-state index contributed by atoms with van der Waals surface area (Å²) in [6, 6.07) is 0. The molecule has 1 aromatic rings. The van der Waals surface area contributed by atoms with E-state index in [9.17, 15) is 4.79 Å². The van der Waals surface area contributed by atoms with Gasteiger partial charge in [-0.05, 0) is 26.2 Å². The molecular formula is C12H17N3O2S. The average molecular weight is 267 g/mol. The van der Waals surface area contributed by atoms with Crippen molar-refractivity contribution in [2.24, 2.45) is 0 Å². The molecule has 0 aliphatic carbocycles. The van der Waals surface area contributed by atoms with Gasteiger partial charge in [0, 0.05) is 24.4 Å². The summed E-state index contributed by atoms with van der Waals surface area (Å²) in [6.45, 7) is 4.88. The zero-order valence-corrected chi connectivity index (χ0v) is 11.6. The molecule has 0 saturated heterocycles. The molecule has 0 unspecified atom stereocenters. The number of rotatable bonds is 6. The van der Waals surface area contributed by atoms with Crippen LogP contribution in [0, 0.1) is 0 Å². The quantitative estimate of drug-likeness (QED) is 0.369. The normalized spacial score (nSPS) is 10.6. The zero-order chi connectivity index (χ0) is 13.4. The van der Waals surface area contributed by atoms with Gasteiger partial charge >= 0.3 is 5.97 Å². The van der Waals surface area contributed by atoms with Crippen LogP contribution in [0.4, 0.5) is 5.82 Å². The minimum atomic E-state index is -0.367. The number of carbonyl (C=O) groups is 1. The molecule has 1 rings (SSSR count). The lowest BCUT2D eigenvalue weighted by atomic mass is 10.3. The van der Waals surface area contributed by atoms with Crippen LogP contribution >= 0.6 is 11.8 Å². The Labute approximate surface area is 111 Å². The molecular weight excluding hydrogens is 250 g/mol. The number of nitrogens with one attached hydrogen (secondary N) is 1. The number of ether oxygens (including phenoxy) is 1. The van der Waals surface area contributed by atoms with Gasteiger partial charge in [-0.3, -0.25) is 0 Å². The summed E-state index contributed by atoms with van der Waals surface area (Å²) in [5, 5.41) is 3.83. The van der Waals surface area contributed by atoms with Crippen molar-refractivity contribution in [2.75, 3.05) is 24.7 Å². The second kappa shape index (κ2) is 7.71. The molecule has 0 saturated carbocycles. The van der Waals surface area contributed by atoms with Gasteiger partial charge in [0.2, 0.25) is 0 Å². The van der Waals surface area contributed by atoms with E-state index < -0.39 is 0 Å². The maximum absolute atomic E-state index is 11.2. The molecule has 5 nitrogen and oxygen atoms in total. The molecule has 0 amide bonds. The monoisotopic (exact) mass is 267 g/mol. The minimum Gasteiger partial charge on any atom is -0.463 e. The number of aromatic nitrogens is 2. The first-order valence-electron chi connectivity index (χ1n) is 5.71. The van der Waals surface area contributed by atoms with E-state index in [1.54, 1.807) is 19.2 Å². The van der Waals surface area contributed by atoms with Crippen molar-refractivity contribution in [1.29, 1.82) is 0 Å². The third-order valence-electron chi connectivity index (χ3n) is 2.01. The summed E-state index contributed by atoms with van der Waals surface area (Å²) < 4.78 is 4.82. The van der Waals surface area contributed by atoms with Crippen LogP contribution in [0.2, 0.25) is 0 Å². The Kier molecular flexibility index (Phi) is 6.21. The van der Waals surface area contributed by atoms with Gasteiger partial charge in [0.15, 0.2) is 5.16 Å². The number of thioether (sulfide) groups is 1. The van der Waals surface area contributed by atoms with Crippen molar-refractivity contribution in [2.45, 2.75) is 19.0 Å². The lowest BCUT2D eigenvalue weighted by Gasteiger charge is -2.07. The molecule has 0 fully saturated rings. The lowest BCUT2D eigenvalue weighted by molar-refractivity contribution is -0.137. The lowest BCUT2D eigenvalue weighted by Crippen LogP contribution is -2.04. The van der Waals surface area contributed by atoms with Crippen molar-refractivity contribution >= 4 is 29.6 Å². The fourth-order valence-electron chi connectivity index (χ4n) is 1.25. The van der Waals surface area contributed by atoms with E-state index >= 15 is 0 Å². The third-order valence-corrected chi connectivity index (χ3v) is 2.57. The van der Waals surface area contributed by atoms with Crippen LogP contribution in [0.3, 0.4) is 0 Å². The first kappa shape index (κ1) is 14.5. The van der Waals surface area contributed by atoms with Crippen molar-refractivity contribution < 1.29 is 9.53 Å². The van der Waals surface area contributed by atoms with Gasteiger partial charge in [0.05, 0.1) is 6.61 Å². The maximum Gasteiger partial charge on any atom is 0.330 e. The van der Waals surface area contributed by atoms with E-state index in [1.807, 2.05) is 13.2 Å². The second-order valence-electron chi connectivity index (χ2n) is 3.28. The van der Waals surface area contributed by atoms with Gasteiger partial charge in [-0.15, -0.1) is 0 Å². The van der Waals surface area contributed by atoms with Gasteiger partial charge in [-0.1, -0.05) is 11.8 Å². The summed E-state index contributed by atoms with van der Waals surface area (Å²) in [4.78, 5) is 19.7. The van der Waals surface area contributed by atoms with Crippen molar-refractivity contribution in [3.8, 4) is 0 Å². The zero-order valence-electron chi connectivity index (χ0n) is 10.8. The summed E-state index contributed by atoms with van der Waals surface area (Å²) in [6.07, 6.45) is 6.63. The highest BCUT2D eigenvalue weighted by atomic mass is 32.2. The van der Waals surface area contributed by atoms with Crippen LogP contribution in [-0.4, -0.2) is 35.3 Å². The number of anilines is 1. The molecule has 6 heteroatoms. The molecule has 0 aromatic carbocycles. The van der Waals surface area contributed by atoms with Crippen molar-refractivity contribution in [1.82, 2.24) is 9.97 Å². The molecule has 18 heavy (non-hydrogen) atoms. The fraction of sp³-hybridized carbons (Fsp3) is 0.417. The van der Waals surface area contributed by atoms with Gasteiger partial charge in [-0.25, -0.2) is 14.8 Å². The Morgan fingerprint density at radius 1 is 1.56 bits per heavy atom. The topological polar surface area (TPSA) is 64.1 Å². The number of hydrogen-bond acceptors (Lipinski definition) is 6. The van der Waals surface area contributed by atoms with Crippen LogP contribution in [0.25, 0.3) is 6.08 Å². The third kappa shape index (κ3) is 4.37. The second-order valence-corrected chi connectivity index (χ2v) is 4.05. The van der Waals surface area contributed by atoms with E-state index in [2.05, 4.69) is 15.3 Å². The Morgan fingerprint density at radius 2 is 2.33 bits per heavy atom. The molecule has 98 valence electrons. The van der Waals surface area contributed by atoms with Crippen molar-refractivity contribution in [3.63, 3.8) is 0 Å². The average Bonchev–Trinajstić information content (AvgIpc) is 2.38.